The highest BCUT2D eigenvalue weighted by atomic mass is 79.9. The Labute approximate surface area is 88.2 Å². The molecule has 0 radical (unpaired) electrons. The molecule has 0 heterocycles. The number of aromatic hydroxyl groups is 1. The fourth-order valence-corrected chi connectivity index (χ4v) is 1.04. The maximum absolute atomic E-state index is 9.47. The lowest BCUT2D eigenvalue weighted by atomic mass is 10.1. The van der Waals surface area contributed by atoms with E-state index in [1.165, 1.54) is 0 Å². The first-order chi connectivity index (χ1) is 5.74. The first kappa shape index (κ1) is 12.4. The van der Waals surface area contributed by atoms with Crippen LogP contribution in [0.15, 0.2) is 24.3 Å². The maximum atomic E-state index is 9.47. The average Bonchev–Trinajstić information content (AvgIpc) is 2.05. The highest BCUT2D eigenvalue weighted by molar-refractivity contribution is 8.93. The highest BCUT2D eigenvalue weighted by Crippen LogP contribution is 2.17. The molecule has 0 aliphatic heterocycles. The number of phenols is 1. The SMILES string of the molecule is Br.CNC[C@H](O)c1cccc(O)c1. The molecule has 1 atom stereocenters. The number of nitrogens with one attached hydrogen (secondary N) is 1. The van der Waals surface area contributed by atoms with E-state index in [9.17, 15) is 5.11 Å². The standard InChI is InChI=1S/C9H13NO2.BrH/c1-10-6-9(12)7-3-2-4-8(11)5-7;/h2-5,9-12H,6H2,1H3;1H/t9-;/m0./s1. The van der Waals surface area contributed by atoms with Gasteiger partial charge in [0.25, 0.3) is 0 Å². The molecule has 0 unspecified atom stereocenters. The number of halogens is 1. The van der Waals surface area contributed by atoms with Crippen LogP contribution in [0, 0.1) is 0 Å². The van der Waals surface area contributed by atoms with Gasteiger partial charge in [-0.2, -0.15) is 0 Å². The van der Waals surface area contributed by atoms with Crippen LogP contribution in [0.4, 0.5) is 0 Å². The normalized spacial score (nSPS) is 11.8. The molecule has 3 nitrogen and oxygen atoms in total. The lowest BCUT2D eigenvalue weighted by Crippen LogP contribution is -2.16. The van der Waals surface area contributed by atoms with Crippen molar-refractivity contribution in [3.63, 3.8) is 0 Å². The topological polar surface area (TPSA) is 52.5 Å². The third kappa shape index (κ3) is 3.76. The predicted molar refractivity (Wildman–Crippen MR) is 57.3 cm³/mol. The lowest BCUT2D eigenvalue weighted by Gasteiger charge is -2.09. The molecule has 0 spiro atoms. The van der Waals surface area contributed by atoms with E-state index in [1.54, 1.807) is 31.3 Å². The highest BCUT2D eigenvalue weighted by Gasteiger charge is 2.05. The Hall–Kier alpha value is -0.580. The summed E-state index contributed by atoms with van der Waals surface area (Å²) in [7, 11) is 1.77. The van der Waals surface area contributed by atoms with Crippen molar-refractivity contribution in [3.8, 4) is 5.75 Å². The van der Waals surface area contributed by atoms with Gasteiger partial charge >= 0.3 is 0 Å². The molecule has 0 saturated carbocycles. The van der Waals surface area contributed by atoms with Crippen LogP contribution in [-0.4, -0.2) is 23.8 Å². The quantitative estimate of drug-likeness (QED) is 0.753. The molecule has 1 aromatic rings. The second kappa shape index (κ2) is 5.96. The zero-order valence-corrected chi connectivity index (χ0v) is 9.11. The smallest absolute Gasteiger partial charge is 0.115 e. The Morgan fingerprint density at radius 3 is 2.69 bits per heavy atom. The third-order valence-corrected chi connectivity index (χ3v) is 1.65. The minimum atomic E-state index is -0.554. The van der Waals surface area contributed by atoms with E-state index < -0.39 is 6.10 Å². The van der Waals surface area contributed by atoms with Gasteiger partial charge in [0.2, 0.25) is 0 Å². The number of benzene rings is 1. The van der Waals surface area contributed by atoms with Gasteiger partial charge in [-0.25, -0.2) is 0 Å². The van der Waals surface area contributed by atoms with Gasteiger partial charge in [-0.05, 0) is 24.7 Å². The largest absolute Gasteiger partial charge is 0.508 e. The van der Waals surface area contributed by atoms with Crippen molar-refractivity contribution < 1.29 is 10.2 Å². The van der Waals surface area contributed by atoms with Crippen LogP contribution in [-0.2, 0) is 0 Å². The molecule has 3 N–H and O–H groups in total. The molecule has 1 rings (SSSR count). The Morgan fingerprint density at radius 1 is 1.46 bits per heavy atom. The van der Waals surface area contributed by atoms with E-state index >= 15 is 0 Å². The van der Waals surface area contributed by atoms with Gasteiger partial charge in [0.15, 0.2) is 0 Å². The second-order valence-electron chi connectivity index (χ2n) is 2.67. The number of likely N-dealkylation sites (N-methyl/N-ethyl adjacent to an activating group) is 1. The molecule has 1 aromatic carbocycles. The molecule has 74 valence electrons. The molecular formula is C9H14BrNO2. The van der Waals surface area contributed by atoms with Crippen molar-refractivity contribution >= 4 is 17.0 Å². The monoisotopic (exact) mass is 247 g/mol. The number of aliphatic hydroxyl groups excluding tert-OH is 1. The van der Waals surface area contributed by atoms with Gasteiger partial charge in [0.1, 0.15) is 5.75 Å². The first-order valence-corrected chi connectivity index (χ1v) is 3.85. The van der Waals surface area contributed by atoms with Crippen LogP contribution < -0.4 is 5.32 Å². The molecule has 0 saturated heterocycles. The van der Waals surface area contributed by atoms with Gasteiger partial charge in [0, 0.05) is 6.54 Å². The third-order valence-electron chi connectivity index (χ3n) is 1.65. The molecule has 0 fully saturated rings. The maximum Gasteiger partial charge on any atom is 0.115 e. The van der Waals surface area contributed by atoms with Gasteiger partial charge < -0.3 is 15.5 Å². The van der Waals surface area contributed by atoms with Crippen molar-refractivity contribution in [2.24, 2.45) is 0 Å². The van der Waals surface area contributed by atoms with Crippen molar-refractivity contribution in [1.29, 1.82) is 0 Å². The Balaban J connectivity index is 0.00000144. The summed E-state index contributed by atoms with van der Waals surface area (Å²) in [6.07, 6.45) is -0.554. The van der Waals surface area contributed by atoms with E-state index in [4.69, 9.17) is 5.11 Å². The van der Waals surface area contributed by atoms with Gasteiger partial charge in [-0.1, -0.05) is 12.1 Å². The average molecular weight is 248 g/mol. The second-order valence-corrected chi connectivity index (χ2v) is 2.67. The van der Waals surface area contributed by atoms with E-state index in [0.29, 0.717) is 6.54 Å². The summed E-state index contributed by atoms with van der Waals surface area (Å²) in [5.41, 5.74) is 0.726. The Kier molecular flexibility index (Phi) is 5.70. The summed E-state index contributed by atoms with van der Waals surface area (Å²) in [5.74, 6) is 0.183. The zero-order valence-electron chi connectivity index (χ0n) is 7.40. The van der Waals surface area contributed by atoms with Crippen LogP contribution in [0.1, 0.15) is 11.7 Å². The van der Waals surface area contributed by atoms with Crippen molar-refractivity contribution in [3.05, 3.63) is 29.8 Å². The zero-order chi connectivity index (χ0) is 8.97. The summed E-state index contributed by atoms with van der Waals surface area (Å²) in [6.45, 7) is 0.490. The van der Waals surface area contributed by atoms with Gasteiger partial charge in [-0.3, -0.25) is 0 Å². The van der Waals surface area contributed by atoms with E-state index in [2.05, 4.69) is 5.32 Å². The number of phenolic OH excluding ortho intramolecular Hbond substituents is 1. The summed E-state index contributed by atoms with van der Waals surface area (Å²) in [4.78, 5) is 0. The summed E-state index contributed by atoms with van der Waals surface area (Å²) < 4.78 is 0. The van der Waals surface area contributed by atoms with Gasteiger partial charge in [0.05, 0.1) is 6.10 Å². The van der Waals surface area contributed by atoms with E-state index in [1.807, 2.05) is 0 Å². The Morgan fingerprint density at radius 2 is 2.15 bits per heavy atom. The summed E-state index contributed by atoms with van der Waals surface area (Å²) in [5, 5.41) is 21.4. The Bertz CT molecular complexity index is 255. The number of rotatable bonds is 3. The van der Waals surface area contributed by atoms with E-state index in [0.717, 1.165) is 5.56 Å². The predicted octanol–water partition coefficient (Wildman–Crippen LogP) is 1.22. The number of hydrogen-bond donors (Lipinski definition) is 3. The number of hydrogen-bond acceptors (Lipinski definition) is 3. The molecule has 0 aliphatic rings. The number of aliphatic hydroxyl groups is 1. The molecule has 0 amide bonds. The molecule has 0 bridgehead atoms. The fraction of sp³-hybridized carbons (Fsp3) is 0.333. The molecule has 0 aliphatic carbocycles. The molecular weight excluding hydrogens is 234 g/mol. The van der Waals surface area contributed by atoms with Crippen LogP contribution >= 0.6 is 17.0 Å². The van der Waals surface area contributed by atoms with Crippen LogP contribution in [0.5, 0.6) is 5.75 Å². The fourth-order valence-electron chi connectivity index (χ4n) is 1.04. The van der Waals surface area contributed by atoms with Crippen LogP contribution in [0.2, 0.25) is 0 Å². The molecule has 0 aromatic heterocycles. The summed E-state index contributed by atoms with van der Waals surface area (Å²) in [6, 6.07) is 6.63. The van der Waals surface area contributed by atoms with Crippen LogP contribution in [0.3, 0.4) is 0 Å². The summed E-state index contributed by atoms with van der Waals surface area (Å²) >= 11 is 0. The van der Waals surface area contributed by atoms with Crippen molar-refractivity contribution in [2.75, 3.05) is 13.6 Å². The van der Waals surface area contributed by atoms with Gasteiger partial charge in [-0.15, -0.1) is 17.0 Å². The lowest BCUT2D eigenvalue weighted by molar-refractivity contribution is 0.177. The minimum Gasteiger partial charge on any atom is -0.508 e. The minimum absolute atomic E-state index is 0. The molecule has 4 heteroatoms. The first-order valence-electron chi connectivity index (χ1n) is 3.85. The van der Waals surface area contributed by atoms with Crippen molar-refractivity contribution in [1.82, 2.24) is 5.32 Å². The van der Waals surface area contributed by atoms with Crippen molar-refractivity contribution in [2.45, 2.75) is 6.10 Å². The van der Waals surface area contributed by atoms with Crippen LogP contribution in [0.25, 0.3) is 0 Å². The van der Waals surface area contributed by atoms with E-state index in [-0.39, 0.29) is 22.7 Å². The molecule has 13 heavy (non-hydrogen) atoms.